The molecule has 3 aromatic heterocycles. The Labute approximate surface area is 182 Å². The molecule has 4 aromatic rings. The van der Waals surface area contributed by atoms with Gasteiger partial charge in [0.25, 0.3) is 5.91 Å². The maximum atomic E-state index is 12.2. The lowest BCUT2D eigenvalue weighted by Crippen LogP contribution is -2.12. The summed E-state index contributed by atoms with van der Waals surface area (Å²) in [5, 5.41) is 15.3. The van der Waals surface area contributed by atoms with E-state index in [2.05, 4.69) is 25.8 Å². The molecule has 2 amide bonds. The molecule has 1 aromatic carbocycles. The quantitative estimate of drug-likeness (QED) is 0.313. The van der Waals surface area contributed by atoms with Crippen molar-refractivity contribution in [2.75, 3.05) is 16.4 Å². The molecule has 3 heterocycles. The molecule has 0 aliphatic heterocycles. The lowest BCUT2D eigenvalue weighted by atomic mass is 10.2. The number of carbonyl (C=O) groups excluding carboxylic acids is 2. The first-order chi connectivity index (χ1) is 15.2. The summed E-state index contributed by atoms with van der Waals surface area (Å²) < 4.78 is 5.03. The van der Waals surface area contributed by atoms with Crippen LogP contribution in [0.5, 0.6) is 0 Å². The van der Waals surface area contributed by atoms with Crippen molar-refractivity contribution in [2.45, 2.75) is 17.9 Å². The standard InChI is InChI=1S/C22H19N5O3S/c28-20(24-16-13-15-5-1-2-6-17(15)23-14-16)8-4-12-31-21-10-9-19(26-27-21)25-22(29)18-7-3-11-30-18/h1-3,5-7,9-11,13-14H,4,8,12H2,(H,24,28)(H,25,26,29). The van der Waals surface area contributed by atoms with Crippen molar-refractivity contribution in [1.29, 1.82) is 0 Å². The highest BCUT2D eigenvalue weighted by atomic mass is 32.2. The molecule has 0 bridgehead atoms. The number of fused-ring (bicyclic) bond motifs is 1. The van der Waals surface area contributed by atoms with E-state index in [4.69, 9.17) is 4.42 Å². The fourth-order valence-electron chi connectivity index (χ4n) is 2.82. The van der Waals surface area contributed by atoms with Crippen molar-refractivity contribution in [1.82, 2.24) is 15.2 Å². The average molecular weight is 433 g/mol. The summed E-state index contributed by atoms with van der Waals surface area (Å²) in [5.41, 5.74) is 1.58. The number of rotatable bonds is 8. The van der Waals surface area contributed by atoms with Crippen LogP contribution in [0.1, 0.15) is 23.4 Å². The van der Waals surface area contributed by atoms with Gasteiger partial charge in [0.05, 0.1) is 23.7 Å². The molecule has 4 rings (SSSR count). The normalized spacial score (nSPS) is 10.7. The Hall–Kier alpha value is -3.72. The van der Waals surface area contributed by atoms with Crippen LogP contribution in [0.3, 0.4) is 0 Å². The summed E-state index contributed by atoms with van der Waals surface area (Å²) in [6, 6.07) is 16.3. The van der Waals surface area contributed by atoms with Gasteiger partial charge in [-0.15, -0.1) is 22.0 Å². The molecule has 156 valence electrons. The number of nitrogens with zero attached hydrogens (tertiary/aromatic N) is 3. The molecule has 0 aliphatic rings. The van der Waals surface area contributed by atoms with Gasteiger partial charge >= 0.3 is 0 Å². The summed E-state index contributed by atoms with van der Waals surface area (Å²) in [4.78, 5) is 28.4. The summed E-state index contributed by atoms with van der Waals surface area (Å²) >= 11 is 1.50. The number of amides is 2. The molecule has 0 spiro atoms. The zero-order valence-corrected chi connectivity index (χ0v) is 17.3. The Kier molecular flexibility index (Phi) is 6.53. The molecule has 0 saturated heterocycles. The van der Waals surface area contributed by atoms with Crippen LogP contribution in [0.15, 0.2) is 76.5 Å². The molecule has 0 fully saturated rings. The third-order valence-corrected chi connectivity index (χ3v) is 5.31. The molecule has 0 atom stereocenters. The zero-order chi connectivity index (χ0) is 21.5. The number of thioether (sulfide) groups is 1. The van der Waals surface area contributed by atoms with E-state index in [1.54, 1.807) is 30.5 Å². The van der Waals surface area contributed by atoms with Crippen molar-refractivity contribution in [3.05, 3.63) is 72.8 Å². The molecule has 0 aliphatic carbocycles. The lowest BCUT2D eigenvalue weighted by molar-refractivity contribution is -0.116. The smallest absolute Gasteiger partial charge is 0.292 e. The maximum Gasteiger partial charge on any atom is 0.292 e. The molecule has 9 heteroatoms. The second kappa shape index (κ2) is 9.86. The van der Waals surface area contributed by atoms with Crippen LogP contribution in [-0.4, -0.2) is 32.7 Å². The number of pyridine rings is 1. The SMILES string of the molecule is O=C(CCCSc1ccc(NC(=O)c2ccco2)nn1)Nc1cnc2ccccc2c1. The van der Waals surface area contributed by atoms with Crippen LogP contribution in [0, 0.1) is 0 Å². The van der Waals surface area contributed by atoms with Crippen LogP contribution >= 0.6 is 11.8 Å². The van der Waals surface area contributed by atoms with Gasteiger partial charge in [0, 0.05) is 17.6 Å². The largest absolute Gasteiger partial charge is 0.459 e. The van der Waals surface area contributed by atoms with Gasteiger partial charge < -0.3 is 15.1 Å². The first-order valence-corrected chi connectivity index (χ1v) is 10.6. The van der Waals surface area contributed by atoms with Crippen molar-refractivity contribution < 1.29 is 14.0 Å². The molecule has 0 saturated carbocycles. The van der Waals surface area contributed by atoms with E-state index in [-0.39, 0.29) is 17.6 Å². The Balaban J connectivity index is 1.19. The number of carbonyl (C=O) groups is 2. The molecular weight excluding hydrogens is 414 g/mol. The summed E-state index contributed by atoms with van der Waals surface area (Å²) in [6.45, 7) is 0. The first kappa shape index (κ1) is 20.5. The number of benzene rings is 1. The minimum Gasteiger partial charge on any atom is -0.459 e. The summed E-state index contributed by atoms with van der Waals surface area (Å²) in [5.74, 6) is 0.829. The molecule has 2 N–H and O–H groups in total. The third kappa shape index (κ3) is 5.67. The first-order valence-electron chi connectivity index (χ1n) is 9.63. The molecule has 8 nitrogen and oxygen atoms in total. The third-order valence-electron chi connectivity index (χ3n) is 4.30. The Morgan fingerprint density at radius 3 is 2.71 bits per heavy atom. The highest BCUT2D eigenvalue weighted by Gasteiger charge is 2.10. The average Bonchev–Trinajstić information content (AvgIpc) is 3.33. The summed E-state index contributed by atoms with van der Waals surface area (Å²) in [7, 11) is 0. The van der Waals surface area contributed by atoms with Crippen LogP contribution in [0.25, 0.3) is 10.9 Å². The van der Waals surface area contributed by atoms with E-state index in [1.807, 2.05) is 30.3 Å². The number of furan rings is 1. The van der Waals surface area contributed by atoms with Crippen LogP contribution in [-0.2, 0) is 4.79 Å². The number of nitrogens with one attached hydrogen (secondary N) is 2. The van der Waals surface area contributed by atoms with Crippen molar-refractivity contribution in [2.24, 2.45) is 0 Å². The molecule has 31 heavy (non-hydrogen) atoms. The van der Waals surface area contributed by atoms with E-state index < -0.39 is 0 Å². The van der Waals surface area contributed by atoms with Crippen LogP contribution in [0.4, 0.5) is 11.5 Å². The Morgan fingerprint density at radius 1 is 1.00 bits per heavy atom. The number of hydrogen-bond acceptors (Lipinski definition) is 7. The minimum atomic E-state index is -0.382. The number of para-hydroxylation sites is 1. The number of aromatic nitrogens is 3. The monoisotopic (exact) mass is 433 g/mol. The van der Waals surface area contributed by atoms with Crippen molar-refractivity contribution in [3.8, 4) is 0 Å². The number of hydrogen-bond donors (Lipinski definition) is 2. The maximum absolute atomic E-state index is 12.2. The van der Waals surface area contributed by atoms with Gasteiger partial charge in [0.2, 0.25) is 5.91 Å². The molecule has 0 radical (unpaired) electrons. The van der Waals surface area contributed by atoms with Gasteiger partial charge in [-0.1, -0.05) is 18.2 Å². The van der Waals surface area contributed by atoms with Gasteiger partial charge in [-0.25, -0.2) is 0 Å². The van der Waals surface area contributed by atoms with Crippen LogP contribution < -0.4 is 10.6 Å². The Bertz CT molecular complexity index is 1180. The topological polar surface area (TPSA) is 110 Å². The highest BCUT2D eigenvalue weighted by molar-refractivity contribution is 7.99. The van der Waals surface area contributed by atoms with E-state index in [0.717, 1.165) is 21.7 Å². The van der Waals surface area contributed by atoms with Crippen molar-refractivity contribution >= 4 is 46.0 Å². The Morgan fingerprint density at radius 2 is 1.90 bits per heavy atom. The zero-order valence-electron chi connectivity index (χ0n) is 16.4. The molecule has 0 unspecified atom stereocenters. The van der Waals surface area contributed by atoms with Gasteiger partial charge in [-0.3, -0.25) is 14.6 Å². The van der Waals surface area contributed by atoms with Crippen molar-refractivity contribution in [3.63, 3.8) is 0 Å². The van der Waals surface area contributed by atoms with E-state index in [9.17, 15) is 9.59 Å². The lowest BCUT2D eigenvalue weighted by Gasteiger charge is -2.06. The minimum absolute atomic E-state index is 0.0558. The second-order valence-electron chi connectivity index (χ2n) is 6.61. The van der Waals surface area contributed by atoms with Gasteiger partial charge in [-0.05, 0) is 42.8 Å². The highest BCUT2D eigenvalue weighted by Crippen LogP contribution is 2.19. The predicted octanol–water partition coefficient (Wildman–Crippen LogP) is 4.38. The van der Waals surface area contributed by atoms with Crippen LogP contribution in [0.2, 0.25) is 0 Å². The molecular formula is C22H19N5O3S. The van der Waals surface area contributed by atoms with Gasteiger partial charge in [0.1, 0.15) is 5.03 Å². The second-order valence-corrected chi connectivity index (χ2v) is 7.72. The summed E-state index contributed by atoms with van der Waals surface area (Å²) in [6.07, 6.45) is 4.18. The van der Waals surface area contributed by atoms with E-state index in [1.165, 1.54) is 18.0 Å². The fraction of sp³-hybridized carbons (Fsp3) is 0.136. The van der Waals surface area contributed by atoms with Gasteiger partial charge in [-0.2, -0.15) is 0 Å². The van der Waals surface area contributed by atoms with E-state index in [0.29, 0.717) is 24.3 Å². The fourth-order valence-corrected chi connectivity index (χ4v) is 3.58. The van der Waals surface area contributed by atoms with E-state index >= 15 is 0 Å². The van der Waals surface area contributed by atoms with Gasteiger partial charge in [0.15, 0.2) is 11.6 Å². The predicted molar refractivity (Wildman–Crippen MR) is 119 cm³/mol. The number of anilines is 2.